The Balaban J connectivity index is 2.00. The van der Waals surface area contributed by atoms with Crippen molar-refractivity contribution in [3.63, 3.8) is 0 Å². The Kier molecular flexibility index (Phi) is 8.20. The Morgan fingerprint density at radius 2 is 1.91 bits per heavy atom. The Bertz CT molecular complexity index is 528. The van der Waals surface area contributed by atoms with Gasteiger partial charge in [0, 0.05) is 0 Å². The van der Waals surface area contributed by atoms with E-state index in [0.29, 0.717) is 27.5 Å². The predicted octanol–water partition coefficient (Wildman–Crippen LogP) is 4.06. The van der Waals surface area contributed by atoms with Crippen LogP contribution in [0, 0.1) is 5.92 Å². The summed E-state index contributed by atoms with van der Waals surface area (Å²) in [5.41, 5.74) is 1.29. The van der Waals surface area contributed by atoms with Gasteiger partial charge < -0.3 is 0 Å². The molecule has 0 aliphatic heterocycles. The summed E-state index contributed by atoms with van der Waals surface area (Å²) in [6, 6.07) is 10.6. The molecule has 1 aromatic carbocycles. The minimum atomic E-state index is -0.241. The Morgan fingerprint density at radius 3 is 2.61 bits per heavy atom. The molecule has 1 aliphatic rings. The Hall–Kier alpha value is -1.31. The van der Waals surface area contributed by atoms with Crippen LogP contribution in [0.1, 0.15) is 39.0 Å². The van der Waals surface area contributed by atoms with E-state index >= 15 is 0 Å². The van der Waals surface area contributed by atoms with E-state index in [1.807, 2.05) is 13.0 Å². The molecule has 1 aromatic rings. The maximum atomic E-state index is 11.6. The molecule has 0 unspecified atom stereocenters. The van der Waals surface area contributed by atoms with Crippen molar-refractivity contribution in [2.75, 3.05) is 6.61 Å². The number of carbonyl (C=O) groups is 1. The average molecular weight is 377 g/mol. The van der Waals surface area contributed by atoms with Gasteiger partial charge in [0.25, 0.3) is 0 Å². The number of allylic oxidation sites excluding steroid dienone is 3. The third-order valence-corrected chi connectivity index (χ3v) is 6.24. The van der Waals surface area contributed by atoms with Crippen LogP contribution in [0.25, 0.3) is 0 Å². The number of hydrogen-bond donors (Lipinski definition) is 0. The van der Waals surface area contributed by atoms with Crippen LogP contribution in [0.5, 0.6) is 0 Å². The molecule has 0 spiro atoms. The van der Waals surface area contributed by atoms with Gasteiger partial charge in [-0.2, -0.15) is 0 Å². The quantitative estimate of drug-likeness (QED) is 0.310. The number of rotatable bonds is 7. The molecule has 0 N–H and O–H groups in total. The van der Waals surface area contributed by atoms with Gasteiger partial charge in [-0.25, -0.2) is 0 Å². The molecule has 0 amide bonds. The van der Waals surface area contributed by atoms with Crippen LogP contribution in [-0.2, 0) is 9.53 Å². The number of carbonyl (C=O) groups excluding carboxylic acids is 1. The standard InChI is InChI=1S/C20H26O2Se/c1-2-22-20(21)14-13-18(15-17-9-5-3-6-10-17)16-23-19-11-7-4-8-12-19/h4,7-8,11-15,17H,2-3,5-6,9-10,16H2,1H3/b14-13+,18-15+. The first-order chi connectivity index (χ1) is 11.3. The summed E-state index contributed by atoms with van der Waals surface area (Å²) in [7, 11) is 0. The van der Waals surface area contributed by atoms with Gasteiger partial charge in [0.2, 0.25) is 0 Å². The maximum absolute atomic E-state index is 11.6. The van der Waals surface area contributed by atoms with E-state index in [9.17, 15) is 4.79 Å². The zero-order chi connectivity index (χ0) is 16.3. The second kappa shape index (κ2) is 10.5. The molecule has 0 saturated heterocycles. The third-order valence-electron chi connectivity index (χ3n) is 3.97. The summed E-state index contributed by atoms with van der Waals surface area (Å²) in [4.78, 5) is 11.6. The molecule has 3 heteroatoms. The monoisotopic (exact) mass is 378 g/mol. The summed E-state index contributed by atoms with van der Waals surface area (Å²) in [6.45, 7) is 2.27. The molecule has 124 valence electrons. The van der Waals surface area contributed by atoms with Gasteiger partial charge in [-0.15, -0.1) is 0 Å². The van der Waals surface area contributed by atoms with Gasteiger partial charge in [0.1, 0.15) is 0 Å². The molecule has 0 radical (unpaired) electrons. The van der Waals surface area contributed by atoms with Crippen LogP contribution in [0.2, 0.25) is 5.32 Å². The molecule has 23 heavy (non-hydrogen) atoms. The molecular weight excluding hydrogens is 351 g/mol. The first kappa shape index (κ1) is 18.0. The van der Waals surface area contributed by atoms with Crippen molar-refractivity contribution in [1.82, 2.24) is 0 Å². The molecule has 2 nitrogen and oxygen atoms in total. The molecular formula is C20H26O2Se. The first-order valence-electron chi connectivity index (χ1n) is 8.51. The third kappa shape index (κ3) is 7.20. The normalized spacial score (nSPS) is 16.7. The van der Waals surface area contributed by atoms with Crippen LogP contribution in [0.3, 0.4) is 0 Å². The molecule has 2 rings (SSSR count). The topological polar surface area (TPSA) is 26.3 Å². The van der Waals surface area contributed by atoms with Crippen LogP contribution in [0.15, 0.2) is 54.1 Å². The van der Waals surface area contributed by atoms with Crippen molar-refractivity contribution in [2.24, 2.45) is 5.92 Å². The Morgan fingerprint density at radius 1 is 1.17 bits per heavy atom. The predicted molar refractivity (Wildman–Crippen MR) is 97.1 cm³/mol. The van der Waals surface area contributed by atoms with Crippen molar-refractivity contribution < 1.29 is 9.53 Å². The number of esters is 1. The van der Waals surface area contributed by atoms with Crippen molar-refractivity contribution in [3.8, 4) is 0 Å². The van der Waals surface area contributed by atoms with E-state index in [1.54, 1.807) is 6.08 Å². The minimum absolute atomic E-state index is 0.241. The van der Waals surface area contributed by atoms with E-state index in [-0.39, 0.29) is 5.97 Å². The molecule has 1 saturated carbocycles. The zero-order valence-corrected chi connectivity index (χ0v) is 15.6. The zero-order valence-electron chi connectivity index (χ0n) is 13.9. The molecule has 0 aromatic heterocycles. The fraction of sp³-hybridized carbons (Fsp3) is 0.450. The van der Waals surface area contributed by atoms with Gasteiger partial charge >= 0.3 is 146 Å². The van der Waals surface area contributed by atoms with Crippen LogP contribution < -0.4 is 4.46 Å². The molecule has 1 aliphatic carbocycles. The van der Waals surface area contributed by atoms with Gasteiger partial charge in [0.05, 0.1) is 0 Å². The van der Waals surface area contributed by atoms with E-state index in [4.69, 9.17) is 4.74 Å². The molecule has 0 bridgehead atoms. The van der Waals surface area contributed by atoms with Crippen molar-refractivity contribution >= 4 is 25.4 Å². The first-order valence-corrected chi connectivity index (χ1v) is 10.6. The van der Waals surface area contributed by atoms with Crippen LogP contribution in [-0.4, -0.2) is 27.5 Å². The van der Waals surface area contributed by atoms with E-state index in [1.165, 1.54) is 42.1 Å². The fourth-order valence-electron chi connectivity index (χ4n) is 2.80. The average Bonchev–Trinajstić information content (AvgIpc) is 2.59. The molecule has 1 fully saturated rings. The van der Waals surface area contributed by atoms with Crippen molar-refractivity contribution in [2.45, 2.75) is 44.3 Å². The SMILES string of the molecule is CCOC(=O)/C=C/C(=C\C1CCCCC1)C[Se]c1ccccc1. The van der Waals surface area contributed by atoms with Gasteiger partial charge in [0.15, 0.2) is 0 Å². The van der Waals surface area contributed by atoms with E-state index < -0.39 is 0 Å². The summed E-state index contributed by atoms with van der Waals surface area (Å²) < 4.78 is 6.40. The van der Waals surface area contributed by atoms with Crippen LogP contribution in [0.4, 0.5) is 0 Å². The summed E-state index contributed by atoms with van der Waals surface area (Å²) in [5, 5.41) is 1.03. The van der Waals surface area contributed by atoms with Gasteiger partial charge in [-0.3, -0.25) is 0 Å². The van der Waals surface area contributed by atoms with E-state index in [2.05, 4.69) is 36.4 Å². The number of ether oxygens (including phenoxy) is 1. The van der Waals surface area contributed by atoms with Gasteiger partial charge in [-0.05, 0) is 0 Å². The second-order valence-electron chi connectivity index (χ2n) is 5.83. The summed E-state index contributed by atoms with van der Waals surface area (Å²) in [5.74, 6) is 0.437. The van der Waals surface area contributed by atoms with Crippen molar-refractivity contribution in [1.29, 1.82) is 0 Å². The Labute approximate surface area is 146 Å². The number of hydrogen-bond acceptors (Lipinski definition) is 2. The van der Waals surface area contributed by atoms with Gasteiger partial charge in [-0.1, -0.05) is 0 Å². The van der Waals surface area contributed by atoms with Crippen LogP contribution >= 0.6 is 0 Å². The van der Waals surface area contributed by atoms with Crippen molar-refractivity contribution in [3.05, 3.63) is 54.1 Å². The molecule has 0 atom stereocenters. The number of benzene rings is 1. The second-order valence-corrected chi connectivity index (χ2v) is 8.03. The summed E-state index contributed by atoms with van der Waals surface area (Å²) in [6.07, 6.45) is 12.6. The fourth-order valence-corrected chi connectivity index (χ4v) is 4.64. The van der Waals surface area contributed by atoms with E-state index in [0.717, 1.165) is 5.32 Å². The summed E-state index contributed by atoms with van der Waals surface area (Å²) >= 11 is 0.404. The molecule has 0 heterocycles.